The number of piperazine rings is 1. The summed E-state index contributed by atoms with van der Waals surface area (Å²) in [7, 11) is 3.15. The molecule has 8 atom stereocenters. The molecule has 8 heteroatoms. The fraction of sp³-hybridized carbons (Fsp3) is 0.909. The Hall–Kier alpha value is -1.28. The van der Waals surface area contributed by atoms with Crippen LogP contribution in [-0.2, 0) is 19.1 Å². The summed E-state index contributed by atoms with van der Waals surface area (Å²) in [5, 5.41) is 0. The van der Waals surface area contributed by atoms with E-state index in [-0.39, 0.29) is 48.9 Å². The zero-order valence-corrected chi connectivity index (χ0v) is 18.6. The molecule has 0 radical (unpaired) electrons. The first kappa shape index (κ1) is 23.4. The Morgan fingerprint density at radius 2 is 1.10 bits per heavy atom. The van der Waals surface area contributed by atoms with Crippen molar-refractivity contribution in [2.24, 2.45) is 11.8 Å². The number of rotatable bonds is 4. The molecule has 3 rings (SSSR count). The van der Waals surface area contributed by atoms with Gasteiger partial charge in [-0.1, -0.05) is 0 Å². The van der Waals surface area contributed by atoms with Crippen LogP contribution in [-0.4, -0.2) is 85.6 Å². The summed E-state index contributed by atoms with van der Waals surface area (Å²) in [6.07, 6.45) is 0.136. The van der Waals surface area contributed by atoms with Crippen molar-refractivity contribution in [3.63, 3.8) is 0 Å². The van der Waals surface area contributed by atoms with E-state index in [4.69, 9.17) is 9.47 Å². The van der Waals surface area contributed by atoms with Gasteiger partial charge in [0.15, 0.2) is 0 Å². The zero-order chi connectivity index (χ0) is 22.0. The number of hydrogen-bond donors (Lipinski definition) is 0. The van der Waals surface area contributed by atoms with E-state index in [1.165, 1.54) is 0 Å². The SMILES string of the molecule is COC1CCC(C(=O)N2C[C@H](C)N(C(=O)C3CCC(OC)CC3F)C[C@H]2C)C(F)C1. The third-order valence-electron chi connectivity index (χ3n) is 7.30. The average Bonchev–Trinajstić information content (AvgIpc) is 2.73. The Labute approximate surface area is 178 Å². The first-order chi connectivity index (χ1) is 14.3. The molecule has 172 valence electrons. The van der Waals surface area contributed by atoms with Gasteiger partial charge in [0.05, 0.1) is 24.0 Å². The van der Waals surface area contributed by atoms with Crippen LogP contribution in [0.25, 0.3) is 0 Å². The normalized spacial score (nSPS) is 40.3. The van der Waals surface area contributed by atoms with Crippen LogP contribution in [0.3, 0.4) is 0 Å². The van der Waals surface area contributed by atoms with E-state index in [0.717, 1.165) is 0 Å². The topological polar surface area (TPSA) is 59.1 Å². The number of methoxy groups -OCH3 is 2. The van der Waals surface area contributed by atoms with Crippen LogP contribution < -0.4 is 0 Å². The highest BCUT2D eigenvalue weighted by Gasteiger charge is 2.44. The molecule has 3 fully saturated rings. The van der Waals surface area contributed by atoms with Gasteiger partial charge in [0.25, 0.3) is 0 Å². The highest BCUT2D eigenvalue weighted by Crippen LogP contribution is 2.34. The molecule has 1 heterocycles. The summed E-state index contributed by atoms with van der Waals surface area (Å²) >= 11 is 0. The molecule has 3 aliphatic rings. The van der Waals surface area contributed by atoms with E-state index >= 15 is 0 Å². The summed E-state index contributed by atoms with van der Waals surface area (Å²) in [4.78, 5) is 29.6. The summed E-state index contributed by atoms with van der Waals surface area (Å²) in [5.74, 6) is -1.64. The number of amides is 2. The third-order valence-corrected chi connectivity index (χ3v) is 7.30. The van der Waals surface area contributed by atoms with Crippen LogP contribution in [0.5, 0.6) is 0 Å². The second-order valence-electron chi connectivity index (χ2n) is 9.27. The lowest BCUT2D eigenvalue weighted by Gasteiger charge is -2.47. The first-order valence-corrected chi connectivity index (χ1v) is 11.2. The fourth-order valence-corrected chi connectivity index (χ4v) is 5.31. The smallest absolute Gasteiger partial charge is 0.228 e. The molecule has 2 aliphatic carbocycles. The minimum absolute atomic E-state index is 0.128. The zero-order valence-electron chi connectivity index (χ0n) is 18.6. The lowest BCUT2D eigenvalue weighted by Crippen LogP contribution is -2.62. The van der Waals surface area contributed by atoms with Crippen molar-refractivity contribution in [1.82, 2.24) is 9.80 Å². The summed E-state index contributed by atoms with van der Waals surface area (Å²) in [6, 6.07) is -0.447. The molecule has 0 aromatic carbocycles. The van der Waals surface area contributed by atoms with E-state index in [1.807, 2.05) is 13.8 Å². The average molecular weight is 431 g/mol. The summed E-state index contributed by atoms with van der Waals surface area (Å²) < 4.78 is 39.7. The molecule has 1 saturated heterocycles. The Bertz CT molecular complexity index is 570. The van der Waals surface area contributed by atoms with Crippen LogP contribution in [0.15, 0.2) is 0 Å². The standard InChI is InChI=1S/C22H36F2N2O4/c1-13-11-26(22(28)18-8-6-16(30-4)10-20(18)24)14(2)12-25(13)21(27)17-7-5-15(29-3)9-19(17)23/h13-20H,5-12H2,1-4H3/t13-,14+,15?,16?,17?,18?,19?,20?. The van der Waals surface area contributed by atoms with E-state index in [1.54, 1.807) is 24.0 Å². The second kappa shape index (κ2) is 9.90. The molecule has 6 unspecified atom stereocenters. The Morgan fingerprint density at radius 3 is 1.40 bits per heavy atom. The monoisotopic (exact) mass is 430 g/mol. The highest BCUT2D eigenvalue weighted by atomic mass is 19.1. The van der Waals surface area contributed by atoms with E-state index in [0.29, 0.717) is 38.8 Å². The first-order valence-electron chi connectivity index (χ1n) is 11.2. The highest BCUT2D eigenvalue weighted by molar-refractivity contribution is 5.82. The van der Waals surface area contributed by atoms with Crippen molar-refractivity contribution in [1.29, 1.82) is 0 Å². The largest absolute Gasteiger partial charge is 0.381 e. The van der Waals surface area contributed by atoms with Gasteiger partial charge >= 0.3 is 0 Å². The molecule has 0 bridgehead atoms. The molecule has 2 amide bonds. The Balaban J connectivity index is 1.61. The number of alkyl halides is 2. The lowest BCUT2D eigenvalue weighted by molar-refractivity contribution is -0.155. The molecule has 0 spiro atoms. The molecule has 2 saturated carbocycles. The fourth-order valence-electron chi connectivity index (χ4n) is 5.31. The maximum Gasteiger partial charge on any atom is 0.228 e. The van der Waals surface area contributed by atoms with Gasteiger partial charge < -0.3 is 19.3 Å². The van der Waals surface area contributed by atoms with Gasteiger partial charge in [0, 0.05) is 52.2 Å². The molecule has 0 aromatic heterocycles. The van der Waals surface area contributed by atoms with Gasteiger partial charge in [-0.25, -0.2) is 8.78 Å². The molecule has 30 heavy (non-hydrogen) atoms. The minimum atomic E-state index is -1.21. The van der Waals surface area contributed by atoms with Crippen molar-refractivity contribution in [2.45, 2.75) is 89.0 Å². The van der Waals surface area contributed by atoms with E-state index in [9.17, 15) is 18.4 Å². The van der Waals surface area contributed by atoms with Gasteiger partial charge in [-0.2, -0.15) is 0 Å². The number of hydrogen-bond acceptors (Lipinski definition) is 4. The van der Waals surface area contributed by atoms with Gasteiger partial charge in [-0.3, -0.25) is 9.59 Å². The van der Waals surface area contributed by atoms with Gasteiger partial charge in [0.2, 0.25) is 11.8 Å². The van der Waals surface area contributed by atoms with Crippen LogP contribution in [0, 0.1) is 11.8 Å². The third kappa shape index (κ3) is 4.79. The van der Waals surface area contributed by atoms with Crippen LogP contribution >= 0.6 is 0 Å². The number of carbonyl (C=O) groups excluding carboxylic acids is 2. The predicted octanol–water partition coefficient (Wildman–Crippen LogP) is 2.74. The Morgan fingerprint density at radius 1 is 0.733 bits per heavy atom. The Kier molecular flexibility index (Phi) is 7.71. The number of halogens is 2. The molecular formula is C22H36F2N2O4. The van der Waals surface area contributed by atoms with Crippen molar-refractivity contribution in [2.75, 3.05) is 27.3 Å². The predicted molar refractivity (Wildman–Crippen MR) is 108 cm³/mol. The number of carbonyl (C=O) groups is 2. The maximum absolute atomic E-state index is 14.6. The number of ether oxygens (including phenoxy) is 2. The molecule has 0 N–H and O–H groups in total. The van der Waals surface area contributed by atoms with Crippen molar-refractivity contribution in [3.8, 4) is 0 Å². The second-order valence-corrected chi connectivity index (χ2v) is 9.27. The van der Waals surface area contributed by atoms with Gasteiger partial charge in [0.1, 0.15) is 12.3 Å². The molecule has 0 aromatic rings. The quantitative estimate of drug-likeness (QED) is 0.688. The summed E-state index contributed by atoms with van der Waals surface area (Å²) in [6.45, 7) is 4.47. The van der Waals surface area contributed by atoms with E-state index < -0.39 is 24.2 Å². The van der Waals surface area contributed by atoms with Gasteiger partial charge in [-0.15, -0.1) is 0 Å². The van der Waals surface area contributed by atoms with Crippen LogP contribution in [0.2, 0.25) is 0 Å². The minimum Gasteiger partial charge on any atom is -0.381 e. The maximum atomic E-state index is 14.6. The van der Waals surface area contributed by atoms with Crippen LogP contribution in [0.4, 0.5) is 8.78 Å². The molecule has 6 nitrogen and oxygen atoms in total. The molecular weight excluding hydrogens is 394 g/mol. The lowest BCUT2D eigenvalue weighted by atomic mass is 9.83. The number of nitrogens with zero attached hydrogens (tertiary/aromatic N) is 2. The van der Waals surface area contributed by atoms with E-state index in [2.05, 4.69) is 0 Å². The van der Waals surface area contributed by atoms with Crippen LogP contribution in [0.1, 0.15) is 52.4 Å². The molecule has 1 aliphatic heterocycles. The van der Waals surface area contributed by atoms with Crippen molar-refractivity contribution < 1.29 is 27.8 Å². The summed E-state index contributed by atoms with van der Waals surface area (Å²) in [5.41, 5.74) is 0. The van der Waals surface area contributed by atoms with Crippen molar-refractivity contribution in [3.05, 3.63) is 0 Å². The van der Waals surface area contributed by atoms with Crippen molar-refractivity contribution >= 4 is 11.8 Å². The van der Waals surface area contributed by atoms with Gasteiger partial charge in [-0.05, 0) is 39.5 Å².